The van der Waals surface area contributed by atoms with E-state index in [-0.39, 0.29) is 0 Å². The Morgan fingerprint density at radius 3 is 2.62 bits per heavy atom. The lowest BCUT2D eigenvalue weighted by Crippen LogP contribution is -2.28. The molecule has 0 bridgehead atoms. The highest BCUT2D eigenvalue weighted by Crippen LogP contribution is 2.18. The van der Waals surface area contributed by atoms with Crippen LogP contribution < -0.4 is 5.32 Å². The van der Waals surface area contributed by atoms with Crippen LogP contribution in [0.1, 0.15) is 31.0 Å². The first-order chi connectivity index (χ1) is 7.60. The summed E-state index contributed by atoms with van der Waals surface area (Å²) in [4.78, 5) is 0. The molecule has 1 heterocycles. The van der Waals surface area contributed by atoms with Crippen molar-refractivity contribution in [1.29, 1.82) is 0 Å². The third kappa shape index (κ3) is 3.37. The van der Waals surface area contributed by atoms with Gasteiger partial charge in [0.2, 0.25) is 0 Å². The second kappa shape index (κ2) is 6.48. The standard InChI is InChI=1S/C11H19Cl2N3/c1-4-9(5-6-12)14-7-10-8(2)15-16(3)11(10)13/h9,14H,4-7H2,1-3H3. The Morgan fingerprint density at radius 2 is 2.19 bits per heavy atom. The van der Waals surface area contributed by atoms with Crippen molar-refractivity contribution >= 4 is 23.2 Å². The third-order valence-corrected chi connectivity index (χ3v) is 3.48. The fourth-order valence-corrected chi connectivity index (χ4v) is 2.21. The van der Waals surface area contributed by atoms with Gasteiger partial charge in [-0.1, -0.05) is 18.5 Å². The Labute approximate surface area is 107 Å². The largest absolute Gasteiger partial charge is 0.310 e. The molecule has 0 amide bonds. The molecule has 1 unspecified atom stereocenters. The lowest BCUT2D eigenvalue weighted by Gasteiger charge is -2.15. The van der Waals surface area contributed by atoms with E-state index >= 15 is 0 Å². The van der Waals surface area contributed by atoms with Crippen LogP contribution in [0.25, 0.3) is 0 Å². The summed E-state index contributed by atoms with van der Waals surface area (Å²) in [5.41, 5.74) is 2.07. The van der Waals surface area contributed by atoms with E-state index in [4.69, 9.17) is 23.2 Å². The predicted octanol–water partition coefficient (Wildman–Crippen LogP) is 2.88. The van der Waals surface area contributed by atoms with Crippen LogP contribution in [0.5, 0.6) is 0 Å². The second-order valence-corrected chi connectivity index (χ2v) is 4.68. The van der Waals surface area contributed by atoms with Gasteiger partial charge in [0.1, 0.15) is 5.15 Å². The Morgan fingerprint density at radius 1 is 1.50 bits per heavy atom. The summed E-state index contributed by atoms with van der Waals surface area (Å²) in [6.45, 7) is 4.89. The number of nitrogens with zero attached hydrogens (tertiary/aromatic N) is 2. The van der Waals surface area contributed by atoms with E-state index in [1.165, 1.54) is 0 Å². The number of hydrogen-bond acceptors (Lipinski definition) is 2. The van der Waals surface area contributed by atoms with E-state index in [9.17, 15) is 0 Å². The highest BCUT2D eigenvalue weighted by atomic mass is 35.5. The highest BCUT2D eigenvalue weighted by molar-refractivity contribution is 6.30. The van der Waals surface area contributed by atoms with Gasteiger partial charge in [-0.05, 0) is 19.8 Å². The molecule has 1 N–H and O–H groups in total. The minimum absolute atomic E-state index is 0.452. The Hall–Kier alpha value is -0.250. The topological polar surface area (TPSA) is 29.9 Å². The molecule has 3 nitrogen and oxygen atoms in total. The zero-order valence-corrected chi connectivity index (χ0v) is 11.6. The summed E-state index contributed by atoms with van der Waals surface area (Å²) in [7, 11) is 1.86. The fraction of sp³-hybridized carbons (Fsp3) is 0.727. The second-order valence-electron chi connectivity index (χ2n) is 3.94. The lowest BCUT2D eigenvalue weighted by atomic mass is 10.1. The van der Waals surface area contributed by atoms with Crippen LogP contribution in [-0.4, -0.2) is 21.7 Å². The first-order valence-electron chi connectivity index (χ1n) is 5.57. The Balaban J connectivity index is 2.59. The Kier molecular flexibility index (Phi) is 5.59. The molecule has 0 aromatic carbocycles. The molecule has 0 radical (unpaired) electrons. The van der Waals surface area contributed by atoms with Crippen molar-refractivity contribution < 1.29 is 0 Å². The van der Waals surface area contributed by atoms with E-state index in [1.54, 1.807) is 4.68 Å². The number of hydrogen-bond donors (Lipinski definition) is 1. The molecule has 1 aromatic rings. The van der Waals surface area contributed by atoms with Crippen LogP contribution in [0.2, 0.25) is 5.15 Å². The molecule has 0 fully saturated rings. The molecule has 1 rings (SSSR count). The molecule has 92 valence electrons. The fourth-order valence-electron chi connectivity index (χ4n) is 1.70. The number of rotatable bonds is 6. The number of alkyl halides is 1. The number of aromatic nitrogens is 2. The number of halogens is 2. The SMILES string of the molecule is CCC(CCCl)NCc1c(C)nn(C)c1Cl. The van der Waals surface area contributed by atoms with Crippen molar-refractivity contribution in [3.8, 4) is 0 Å². The summed E-state index contributed by atoms with van der Waals surface area (Å²) in [6, 6.07) is 0.452. The smallest absolute Gasteiger partial charge is 0.131 e. The van der Waals surface area contributed by atoms with Gasteiger partial charge in [0.05, 0.1) is 5.69 Å². The van der Waals surface area contributed by atoms with Crippen molar-refractivity contribution in [2.24, 2.45) is 7.05 Å². The first kappa shape index (κ1) is 13.8. The maximum absolute atomic E-state index is 6.15. The molecule has 0 saturated heterocycles. The molecule has 0 spiro atoms. The average molecular weight is 264 g/mol. The maximum atomic E-state index is 6.15. The van der Waals surface area contributed by atoms with Gasteiger partial charge < -0.3 is 5.32 Å². The van der Waals surface area contributed by atoms with Crippen LogP contribution in [0.4, 0.5) is 0 Å². The summed E-state index contributed by atoms with van der Waals surface area (Å²) in [5.74, 6) is 0.686. The number of nitrogens with one attached hydrogen (secondary N) is 1. The van der Waals surface area contributed by atoms with E-state index < -0.39 is 0 Å². The lowest BCUT2D eigenvalue weighted by molar-refractivity contribution is 0.485. The minimum Gasteiger partial charge on any atom is -0.310 e. The minimum atomic E-state index is 0.452. The van der Waals surface area contributed by atoms with Gasteiger partial charge in [0.25, 0.3) is 0 Å². The van der Waals surface area contributed by atoms with E-state index in [1.807, 2.05) is 14.0 Å². The van der Waals surface area contributed by atoms with Crippen LogP contribution in [0.15, 0.2) is 0 Å². The first-order valence-corrected chi connectivity index (χ1v) is 6.48. The zero-order chi connectivity index (χ0) is 12.1. The van der Waals surface area contributed by atoms with Crippen LogP contribution in [0.3, 0.4) is 0 Å². The van der Waals surface area contributed by atoms with Gasteiger partial charge >= 0.3 is 0 Å². The normalized spacial score (nSPS) is 13.1. The predicted molar refractivity (Wildman–Crippen MR) is 69.2 cm³/mol. The maximum Gasteiger partial charge on any atom is 0.131 e. The molecule has 0 saturated carbocycles. The quantitative estimate of drug-likeness (QED) is 0.801. The molecule has 5 heteroatoms. The van der Waals surface area contributed by atoms with Crippen LogP contribution in [-0.2, 0) is 13.6 Å². The van der Waals surface area contributed by atoms with Crippen molar-refractivity contribution in [1.82, 2.24) is 15.1 Å². The molecule has 1 aromatic heterocycles. The summed E-state index contributed by atoms with van der Waals surface area (Å²) in [5, 5.41) is 8.45. The van der Waals surface area contributed by atoms with Gasteiger partial charge in [-0.2, -0.15) is 5.10 Å². The van der Waals surface area contributed by atoms with Crippen LogP contribution >= 0.6 is 23.2 Å². The van der Waals surface area contributed by atoms with Crippen molar-refractivity contribution in [3.05, 3.63) is 16.4 Å². The zero-order valence-electron chi connectivity index (χ0n) is 10.1. The molecule has 16 heavy (non-hydrogen) atoms. The van der Waals surface area contributed by atoms with Gasteiger partial charge in [0.15, 0.2) is 0 Å². The molecule has 0 aliphatic rings. The van der Waals surface area contributed by atoms with E-state index in [0.717, 1.165) is 30.6 Å². The van der Waals surface area contributed by atoms with Gasteiger partial charge in [-0.3, -0.25) is 4.68 Å². The highest BCUT2D eigenvalue weighted by Gasteiger charge is 2.12. The van der Waals surface area contributed by atoms with Gasteiger partial charge in [-0.15, -0.1) is 11.6 Å². The molecular weight excluding hydrogens is 245 g/mol. The number of aryl methyl sites for hydroxylation is 2. The van der Waals surface area contributed by atoms with Gasteiger partial charge in [-0.25, -0.2) is 0 Å². The molecule has 0 aliphatic carbocycles. The van der Waals surface area contributed by atoms with E-state index in [2.05, 4.69) is 17.3 Å². The summed E-state index contributed by atoms with van der Waals surface area (Å²) >= 11 is 11.9. The van der Waals surface area contributed by atoms with Crippen molar-refractivity contribution in [2.75, 3.05) is 5.88 Å². The molecule has 0 aliphatic heterocycles. The van der Waals surface area contributed by atoms with Gasteiger partial charge in [0, 0.05) is 31.1 Å². The monoisotopic (exact) mass is 263 g/mol. The third-order valence-electron chi connectivity index (χ3n) is 2.79. The Bertz CT molecular complexity index is 336. The van der Waals surface area contributed by atoms with Crippen LogP contribution in [0, 0.1) is 6.92 Å². The average Bonchev–Trinajstić information content (AvgIpc) is 2.49. The summed E-state index contributed by atoms with van der Waals surface area (Å²) < 4.78 is 1.70. The van der Waals surface area contributed by atoms with Crippen molar-refractivity contribution in [2.45, 2.75) is 39.3 Å². The van der Waals surface area contributed by atoms with Crippen molar-refractivity contribution in [3.63, 3.8) is 0 Å². The van der Waals surface area contributed by atoms with E-state index in [0.29, 0.717) is 17.1 Å². The molecular formula is C11H19Cl2N3. The molecule has 1 atom stereocenters. The summed E-state index contributed by atoms with van der Waals surface area (Å²) in [6.07, 6.45) is 2.05.